The van der Waals surface area contributed by atoms with Gasteiger partial charge in [0.05, 0.1) is 10.7 Å². The number of nitrogens with one attached hydrogen (secondary N) is 2. The van der Waals surface area contributed by atoms with Crippen LogP contribution in [0.25, 0.3) is 0 Å². The van der Waals surface area contributed by atoms with E-state index in [1.54, 1.807) is 18.2 Å². The highest BCUT2D eigenvalue weighted by Crippen LogP contribution is 2.22. The van der Waals surface area contributed by atoms with Gasteiger partial charge < -0.3 is 10.6 Å². The average Bonchev–Trinajstić information content (AvgIpc) is 2.73. The van der Waals surface area contributed by atoms with Crippen LogP contribution in [0.15, 0.2) is 18.2 Å². The van der Waals surface area contributed by atoms with E-state index in [0.717, 1.165) is 19.5 Å². The Morgan fingerprint density at radius 3 is 3.13 bits per heavy atom. The summed E-state index contributed by atoms with van der Waals surface area (Å²) in [5.74, 6) is -0.364. The minimum Gasteiger partial charge on any atom is -0.381 e. The lowest BCUT2D eigenvalue weighted by Crippen LogP contribution is -2.29. The van der Waals surface area contributed by atoms with E-state index in [-0.39, 0.29) is 10.8 Å². The normalized spacial score (nSPS) is 20.5. The van der Waals surface area contributed by atoms with Crippen LogP contribution in [0.5, 0.6) is 0 Å². The highest BCUT2D eigenvalue weighted by Gasteiger charge is 2.14. The van der Waals surface area contributed by atoms with Crippen LogP contribution in [0.4, 0.5) is 10.1 Å². The van der Waals surface area contributed by atoms with Gasteiger partial charge in [0.25, 0.3) is 0 Å². The Balaban J connectivity index is 1.95. The first-order valence-electron chi connectivity index (χ1n) is 5.18. The van der Waals surface area contributed by atoms with Gasteiger partial charge in [0.1, 0.15) is 0 Å². The number of hydrogen-bond donors (Lipinski definition) is 2. The molecule has 0 saturated carbocycles. The van der Waals surface area contributed by atoms with E-state index in [1.807, 2.05) is 0 Å². The molecular weight excluding hydrogens is 215 g/mol. The third-order valence-electron chi connectivity index (χ3n) is 2.65. The largest absolute Gasteiger partial charge is 0.381 e. The van der Waals surface area contributed by atoms with Crippen molar-refractivity contribution in [2.75, 3.05) is 18.4 Å². The lowest BCUT2D eigenvalue weighted by Gasteiger charge is -2.13. The number of halogens is 2. The molecule has 1 atom stereocenters. The molecule has 0 amide bonds. The van der Waals surface area contributed by atoms with Crippen molar-refractivity contribution in [3.05, 3.63) is 29.0 Å². The minimum absolute atomic E-state index is 0.166. The smallest absolute Gasteiger partial charge is 0.164 e. The molecule has 1 unspecified atom stereocenters. The Hall–Kier alpha value is -0.800. The van der Waals surface area contributed by atoms with E-state index >= 15 is 0 Å². The molecule has 2 N–H and O–H groups in total. The first-order chi connectivity index (χ1) is 7.27. The second kappa shape index (κ2) is 4.81. The zero-order valence-corrected chi connectivity index (χ0v) is 9.15. The van der Waals surface area contributed by atoms with Crippen molar-refractivity contribution in [1.82, 2.24) is 5.32 Å². The minimum atomic E-state index is -0.364. The molecule has 1 saturated heterocycles. The molecule has 15 heavy (non-hydrogen) atoms. The molecule has 2 rings (SSSR count). The van der Waals surface area contributed by atoms with Crippen LogP contribution in [-0.2, 0) is 0 Å². The van der Waals surface area contributed by atoms with Crippen molar-refractivity contribution in [3.63, 3.8) is 0 Å². The van der Waals surface area contributed by atoms with Crippen LogP contribution < -0.4 is 10.6 Å². The zero-order valence-electron chi connectivity index (χ0n) is 8.39. The van der Waals surface area contributed by atoms with Crippen LogP contribution in [-0.4, -0.2) is 19.1 Å². The fourth-order valence-electron chi connectivity index (χ4n) is 1.80. The van der Waals surface area contributed by atoms with Crippen molar-refractivity contribution in [2.24, 2.45) is 0 Å². The number of hydrogen-bond acceptors (Lipinski definition) is 2. The van der Waals surface area contributed by atoms with Crippen molar-refractivity contribution < 1.29 is 4.39 Å². The summed E-state index contributed by atoms with van der Waals surface area (Å²) in [7, 11) is 0. The molecule has 0 spiro atoms. The van der Waals surface area contributed by atoms with Gasteiger partial charge in [-0.1, -0.05) is 17.7 Å². The fourth-order valence-corrected chi connectivity index (χ4v) is 1.98. The maximum atomic E-state index is 13.5. The van der Waals surface area contributed by atoms with Crippen molar-refractivity contribution in [3.8, 4) is 0 Å². The quantitative estimate of drug-likeness (QED) is 0.831. The average molecular weight is 229 g/mol. The topological polar surface area (TPSA) is 24.1 Å². The van der Waals surface area contributed by atoms with Gasteiger partial charge in [-0.25, -0.2) is 4.39 Å². The Morgan fingerprint density at radius 2 is 2.40 bits per heavy atom. The summed E-state index contributed by atoms with van der Waals surface area (Å²) in [5.41, 5.74) is 0.483. The molecule has 2 nitrogen and oxygen atoms in total. The van der Waals surface area contributed by atoms with Crippen LogP contribution >= 0.6 is 11.6 Å². The molecule has 0 radical (unpaired) electrons. The van der Waals surface area contributed by atoms with Gasteiger partial charge in [0.2, 0.25) is 0 Å². The Kier molecular flexibility index (Phi) is 3.44. The summed E-state index contributed by atoms with van der Waals surface area (Å²) in [5, 5.41) is 6.58. The molecule has 1 aliphatic heterocycles. The number of benzene rings is 1. The van der Waals surface area contributed by atoms with Gasteiger partial charge in [-0.2, -0.15) is 0 Å². The van der Waals surface area contributed by atoms with E-state index < -0.39 is 0 Å². The van der Waals surface area contributed by atoms with E-state index in [1.165, 1.54) is 6.42 Å². The molecule has 0 bridgehead atoms. The Labute approximate surface area is 93.8 Å². The maximum Gasteiger partial charge on any atom is 0.164 e. The fraction of sp³-hybridized carbons (Fsp3) is 0.455. The Morgan fingerprint density at radius 1 is 1.53 bits per heavy atom. The second-order valence-electron chi connectivity index (χ2n) is 3.78. The summed E-state index contributed by atoms with van der Waals surface area (Å²) in [6.45, 7) is 1.81. The van der Waals surface area contributed by atoms with Crippen LogP contribution in [0.3, 0.4) is 0 Å². The monoisotopic (exact) mass is 228 g/mol. The maximum absolute atomic E-state index is 13.5. The van der Waals surface area contributed by atoms with Crippen LogP contribution in [0, 0.1) is 5.82 Å². The standard InChI is InChI=1S/C11H14ClFN2/c12-9-4-1-5-10(11(9)13)15-7-8-3-2-6-14-8/h1,4-5,8,14-15H,2-3,6-7H2. The van der Waals surface area contributed by atoms with Gasteiger partial charge in [-0.15, -0.1) is 0 Å². The molecule has 1 aromatic carbocycles. The number of anilines is 1. The van der Waals surface area contributed by atoms with Gasteiger partial charge in [-0.3, -0.25) is 0 Å². The van der Waals surface area contributed by atoms with E-state index in [0.29, 0.717) is 11.7 Å². The lowest BCUT2D eigenvalue weighted by molar-refractivity contribution is 0.614. The number of rotatable bonds is 3. The summed E-state index contributed by atoms with van der Waals surface area (Å²) < 4.78 is 13.5. The zero-order chi connectivity index (χ0) is 10.7. The molecule has 1 fully saturated rings. The van der Waals surface area contributed by atoms with Gasteiger partial charge in [0, 0.05) is 12.6 Å². The van der Waals surface area contributed by atoms with Crippen LogP contribution in [0.1, 0.15) is 12.8 Å². The molecule has 1 heterocycles. The van der Waals surface area contributed by atoms with Gasteiger partial charge >= 0.3 is 0 Å². The van der Waals surface area contributed by atoms with Gasteiger partial charge in [0.15, 0.2) is 5.82 Å². The van der Waals surface area contributed by atoms with E-state index in [9.17, 15) is 4.39 Å². The summed E-state index contributed by atoms with van der Waals surface area (Å²) >= 11 is 5.68. The predicted molar refractivity (Wildman–Crippen MR) is 60.9 cm³/mol. The summed E-state index contributed by atoms with van der Waals surface area (Å²) in [4.78, 5) is 0. The predicted octanol–water partition coefficient (Wildman–Crippen LogP) is 2.64. The van der Waals surface area contributed by atoms with Crippen molar-refractivity contribution >= 4 is 17.3 Å². The summed E-state index contributed by atoms with van der Waals surface area (Å²) in [6, 6.07) is 5.45. The highest BCUT2D eigenvalue weighted by atomic mass is 35.5. The van der Waals surface area contributed by atoms with E-state index in [4.69, 9.17) is 11.6 Å². The molecule has 4 heteroatoms. The molecule has 1 aliphatic rings. The molecular formula is C11H14ClFN2. The second-order valence-corrected chi connectivity index (χ2v) is 4.18. The van der Waals surface area contributed by atoms with Crippen molar-refractivity contribution in [2.45, 2.75) is 18.9 Å². The summed E-state index contributed by atoms with van der Waals surface area (Å²) in [6.07, 6.45) is 2.35. The van der Waals surface area contributed by atoms with E-state index in [2.05, 4.69) is 10.6 Å². The molecule has 0 aromatic heterocycles. The molecule has 1 aromatic rings. The SMILES string of the molecule is Fc1c(Cl)cccc1NCC1CCCN1. The van der Waals surface area contributed by atoms with Gasteiger partial charge in [-0.05, 0) is 31.5 Å². The van der Waals surface area contributed by atoms with Crippen molar-refractivity contribution in [1.29, 1.82) is 0 Å². The first kappa shape index (κ1) is 10.7. The lowest BCUT2D eigenvalue weighted by atomic mass is 10.2. The molecule has 0 aliphatic carbocycles. The molecule has 82 valence electrons. The Bertz CT molecular complexity index is 337. The highest BCUT2D eigenvalue weighted by molar-refractivity contribution is 6.31. The third kappa shape index (κ3) is 2.61. The van der Waals surface area contributed by atoms with Crippen LogP contribution in [0.2, 0.25) is 5.02 Å². The third-order valence-corrected chi connectivity index (χ3v) is 2.94. The first-order valence-corrected chi connectivity index (χ1v) is 5.56.